The lowest BCUT2D eigenvalue weighted by atomic mass is 9.86. The van der Waals surface area contributed by atoms with E-state index in [-0.39, 0.29) is 35.4 Å². The molecule has 0 aromatic carbocycles. The first kappa shape index (κ1) is 22.7. The number of rotatable bonds is 6. The summed E-state index contributed by atoms with van der Waals surface area (Å²) in [5.74, 6) is -0.433. The predicted octanol–water partition coefficient (Wildman–Crippen LogP) is 2.36. The molecule has 12 heteroatoms. The van der Waals surface area contributed by atoms with Crippen LogP contribution in [0.3, 0.4) is 0 Å². The summed E-state index contributed by atoms with van der Waals surface area (Å²) in [6.07, 6.45) is -1.68. The Morgan fingerprint density at radius 2 is 1.82 bits per heavy atom. The summed E-state index contributed by atoms with van der Waals surface area (Å²) < 4.78 is 49.4. The van der Waals surface area contributed by atoms with E-state index in [1.807, 2.05) is 0 Å². The van der Waals surface area contributed by atoms with Crippen molar-refractivity contribution in [3.05, 3.63) is 41.5 Å². The standard InChI is InChI=1S/C21H22F3N5O4/c22-21(23,24)12-3-6-16(27-10-12)32-13-4-1-11(2-5-13)19-28-14(18(25)30)9-17(29-19)33-15-7-8-26-20(15)31/h3,6,9-11,13,15H,1-2,4-5,7-8H2,(H2,25,30)(H,26,31). The molecule has 4 rings (SSSR count). The zero-order valence-corrected chi connectivity index (χ0v) is 17.5. The molecule has 1 atom stereocenters. The van der Waals surface area contributed by atoms with E-state index in [0.717, 1.165) is 12.3 Å². The van der Waals surface area contributed by atoms with E-state index in [2.05, 4.69) is 20.3 Å². The van der Waals surface area contributed by atoms with Gasteiger partial charge in [0.25, 0.3) is 11.8 Å². The number of carbonyl (C=O) groups excluding carboxylic acids is 2. The molecule has 2 amide bonds. The van der Waals surface area contributed by atoms with E-state index < -0.39 is 23.8 Å². The summed E-state index contributed by atoms with van der Waals surface area (Å²) in [6, 6.07) is 3.46. The predicted molar refractivity (Wildman–Crippen MR) is 107 cm³/mol. The molecule has 33 heavy (non-hydrogen) atoms. The SMILES string of the molecule is NC(=O)c1cc(OC2CCNC2=O)nc(C2CCC(Oc3ccc(C(F)(F)F)cn3)CC2)n1. The van der Waals surface area contributed by atoms with Gasteiger partial charge in [-0.05, 0) is 31.7 Å². The highest BCUT2D eigenvalue weighted by Crippen LogP contribution is 2.34. The molecule has 0 spiro atoms. The molecule has 1 saturated heterocycles. The van der Waals surface area contributed by atoms with Crippen molar-refractivity contribution in [1.29, 1.82) is 0 Å². The Balaban J connectivity index is 1.40. The van der Waals surface area contributed by atoms with Crippen molar-refractivity contribution in [2.45, 2.75) is 56.4 Å². The lowest BCUT2D eigenvalue weighted by molar-refractivity contribution is -0.137. The van der Waals surface area contributed by atoms with Crippen LogP contribution in [0.1, 0.15) is 59.9 Å². The van der Waals surface area contributed by atoms with Crippen molar-refractivity contribution in [2.75, 3.05) is 6.54 Å². The quantitative estimate of drug-likeness (QED) is 0.670. The maximum atomic E-state index is 12.7. The molecule has 1 unspecified atom stereocenters. The van der Waals surface area contributed by atoms with Crippen molar-refractivity contribution < 1.29 is 32.2 Å². The maximum absolute atomic E-state index is 12.7. The highest BCUT2D eigenvalue weighted by molar-refractivity contribution is 5.91. The Kier molecular flexibility index (Phi) is 6.34. The fourth-order valence-electron chi connectivity index (χ4n) is 3.87. The van der Waals surface area contributed by atoms with Crippen molar-refractivity contribution in [3.63, 3.8) is 0 Å². The molecule has 1 aliphatic carbocycles. The molecule has 176 valence electrons. The van der Waals surface area contributed by atoms with Gasteiger partial charge in [-0.25, -0.2) is 9.97 Å². The number of pyridine rings is 1. The summed E-state index contributed by atoms with van der Waals surface area (Å²) >= 11 is 0. The molecule has 1 aliphatic heterocycles. The topological polar surface area (TPSA) is 129 Å². The summed E-state index contributed by atoms with van der Waals surface area (Å²) in [7, 11) is 0. The van der Waals surface area contributed by atoms with Crippen molar-refractivity contribution in [3.8, 4) is 11.8 Å². The minimum absolute atomic E-state index is 0.000679. The highest BCUT2D eigenvalue weighted by atomic mass is 19.4. The zero-order valence-electron chi connectivity index (χ0n) is 17.5. The van der Waals surface area contributed by atoms with Crippen LogP contribution in [0.15, 0.2) is 24.4 Å². The Hall–Kier alpha value is -3.44. The van der Waals surface area contributed by atoms with Crippen LogP contribution in [0.25, 0.3) is 0 Å². The highest BCUT2D eigenvalue weighted by Gasteiger charge is 2.32. The van der Waals surface area contributed by atoms with Gasteiger partial charge >= 0.3 is 6.18 Å². The third kappa shape index (κ3) is 5.49. The maximum Gasteiger partial charge on any atom is 0.417 e. The normalized spacial score (nSPS) is 23.1. The molecule has 9 nitrogen and oxygen atoms in total. The number of amides is 2. The number of primary amides is 1. The number of halogens is 3. The fourth-order valence-corrected chi connectivity index (χ4v) is 3.87. The van der Waals surface area contributed by atoms with E-state index in [0.29, 0.717) is 44.5 Å². The summed E-state index contributed by atoms with van der Waals surface area (Å²) in [5.41, 5.74) is 4.57. The number of nitrogens with zero attached hydrogens (tertiary/aromatic N) is 3. The average Bonchev–Trinajstić information content (AvgIpc) is 3.18. The van der Waals surface area contributed by atoms with Crippen LogP contribution in [0, 0.1) is 0 Å². The first-order valence-electron chi connectivity index (χ1n) is 10.5. The Labute approximate surface area is 186 Å². The molecule has 2 aromatic heterocycles. The lowest BCUT2D eigenvalue weighted by Gasteiger charge is -2.28. The van der Waals surface area contributed by atoms with Gasteiger partial charge in [-0.15, -0.1) is 0 Å². The van der Waals surface area contributed by atoms with Gasteiger partial charge in [0, 0.05) is 37.2 Å². The van der Waals surface area contributed by atoms with Crippen molar-refractivity contribution >= 4 is 11.8 Å². The van der Waals surface area contributed by atoms with Crippen molar-refractivity contribution in [2.24, 2.45) is 5.73 Å². The summed E-state index contributed by atoms with van der Waals surface area (Å²) in [5, 5.41) is 2.67. The Bertz CT molecular complexity index is 1020. The van der Waals surface area contributed by atoms with Crippen LogP contribution in [-0.2, 0) is 11.0 Å². The molecule has 0 bridgehead atoms. The molecular weight excluding hydrogens is 443 g/mol. The van der Waals surface area contributed by atoms with Crippen LogP contribution in [0.5, 0.6) is 11.8 Å². The van der Waals surface area contributed by atoms with E-state index in [1.165, 1.54) is 12.1 Å². The number of carbonyl (C=O) groups is 2. The molecule has 2 fully saturated rings. The molecule has 0 radical (unpaired) electrons. The third-order valence-corrected chi connectivity index (χ3v) is 5.62. The second kappa shape index (κ2) is 9.20. The number of ether oxygens (including phenoxy) is 2. The van der Waals surface area contributed by atoms with Gasteiger partial charge in [0.1, 0.15) is 17.6 Å². The lowest BCUT2D eigenvalue weighted by Crippen LogP contribution is -2.29. The van der Waals surface area contributed by atoms with Gasteiger partial charge in [-0.2, -0.15) is 18.2 Å². The van der Waals surface area contributed by atoms with E-state index in [1.54, 1.807) is 0 Å². The largest absolute Gasteiger partial charge is 0.474 e. The third-order valence-electron chi connectivity index (χ3n) is 5.62. The van der Waals surface area contributed by atoms with Crippen LogP contribution in [0.4, 0.5) is 13.2 Å². The van der Waals surface area contributed by atoms with Gasteiger partial charge in [0.2, 0.25) is 11.8 Å². The molecule has 3 heterocycles. The summed E-state index contributed by atoms with van der Waals surface area (Å²) in [6.45, 7) is 0.502. The molecule has 1 saturated carbocycles. The smallest absolute Gasteiger partial charge is 0.417 e. The van der Waals surface area contributed by atoms with E-state index in [4.69, 9.17) is 15.2 Å². The minimum Gasteiger partial charge on any atom is -0.474 e. The second-order valence-electron chi connectivity index (χ2n) is 7.97. The van der Waals surface area contributed by atoms with Crippen LogP contribution in [0.2, 0.25) is 0 Å². The number of aromatic nitrogens is 3. The monoisotopic (exact) mass is 465 g/mol. The second-order valence-corrected chi connectivity index (χ2v) is 7.97. The van der Waals surface area contributed by atoms with Gasteiger partial charge in [-0.1, -0.05) is 0 Å². The number of alkyl halides is 3. The fraction of sp³-hybridized carbons (Fsp3) is 0.476. The Morgan fingerprint density at radius 3 is 2.39 bits per heavy atom. The number of nitrogens with two attached hydrogens (primary N) is 1. The minimum atomic E-state index is -4.45. The number of hydrogen-bond donors (Lipinski definition) is 2. The van der Waals surface area contributed by atoms with Crippen LogP contribution < -0.4 is 20.5 Å². The van der Waals surface area contributed by atoms with E-state index >= 15 is 0 Å². The van der Waals surface area contributed by atoms with Gasteiger partial charge in [0.15, 0.2) is 6.10 Å². The first-order chi connectivity index (χ1) is 15.7. The number of nitrogens with one attached hydrogen (secondary N) is 1. The van der Waals surface area contributed by atoms with Crippen molar-refractivity contribution in [1.82, 2.24) is 20.3 Å². The number of hydrogen-bond acceptors (Lipinski definition) is 7. The van der Waals surface area contributed by atoms with Crippen LogP contribution >= 0.6 is 0 Å². The zero-order chi connectivity index (χ0) is 23.6. The van der Waals surface area contributed by atoms with Gasteiger partial charge < -0.3 is 20.5 Å². The van der Waals surface area contributed by atoms with E-state index in [9.17, 15) is 22.8 Å². The Morgan fingerprint density at radius 1 is 1.06 bits per heavy atom. The molecular formula is C21H22F3N5O4. The van der Waals surface area contributed by atoms with Gasteiger partial charge in [0.05, 0.1) is 5.56 Å². The summed E-state index contributed by atoms with van der Waals surface area (Å²) in [4.78, 5) is 35.9. The molecule has 3 N–H and O–H groups in total. The molecule has 2 aliphatic rings. The first-order valence-corrected chi connectivity index (χ1v) is 10.5. The van der Waals surface area contributed by atoms with Crippen LogP contribution in [-0.4, -0.2) is 45.5 Å². The van der Waals surface area contributed by atoms with Gasteiger partial charge in [-0.3, -0.25) is 9.59 Å². The molecule has 2 aromatic rings. The average molecular weight is 465 g/mol.